The highest BCUT2D eigenvalue weighted by molar-refractivity contribution is 6.04. The molecule has 9 heteroatoms. The summed E-state index contributed by atoms with van der Waals surface area (Å²) in [6, 6.07) is 8.13. The molecule has 0 radical (unpaired) electrons. The van der Waals surface area contributed by atoms with Crippen molar-refractivity contribution >= 4 is 23.3 Å². The lowest BCUT2D eigenvalue weighted by molar-refractivity contribution is 0.0940. The molecule has 0 saturated heterocycles. The Bertz CT molecular complexity index is 1160. The second-order valence-electron chi connectivity index (χ2n) is 7.34. The van der Waals surface area contributed by atoms with Crippen LogP contribution >= 0.6 is 0 Å². The van der Waals surface area contributed by atoms with Crippen molar-refractivity contribution in [1.82, 2.24) is 20.6 Å². The van der Waals surface area contributed by atoms with Gasteiger partial charge < -0.3 is 16.0 Å². The van der Waals surface area contributed by atoms with Crippen LogP contribution in [0.25, 0.3) is 11.3 Å². The first-order valence-corrected chi connectivity index (χ1v) is 9.64. The van der Waals surface area contributed by atoms with E-state index in [1.165, 1.54) is 18.3 Å². The van der Waals surface area contributed by atoms with Gasteiger partial charge in [0.05, 0.1) is 40.3 Å². The third-order valence-electron chi connectivity index (χ3n) is 4.66. The molecule has 0 aliphatic carbocycles. The lowest BCUT2D eigenvalue weighted by Crippen LogP contribution is -2.30. The van der Waals surface area contributed by atoms with Gasteiger partial charge in [0.25, 0.3) is 11.8 Å². The Morgan fingerprint density at radius 3 is 2.52 bits per heavy atom. The molecular formula is C22H19F2N5O2. The SMILES string of the molecule is CC(C)NC(=O)c1ccc(Nc2cc(-c3c(F)cccc3F)nc3c2C(=O)NC3)nc1. The average Bonchev–Trinajstić information content (AvgIpc) is 3.09. The van der Waals surface area contributed by atoms with E-state index in [4.69, 9.17) is 0 Å². The van der Waals surface area contributed by atoms with Crippen LogP contribution in [0.2, 0.25) is 0 Å². The molecule has 3 aromatic rings. The van der Waals surface area contributed by atoms with Gasteiger partial charge in [0.15, 0.2) is 0 Å². The lowest BCUT2D eigenvalue weighted by atomic mass is 10.1. The van der Waals surface area contributed by atoms with Gasteiger partial charge in [-0.1, -0.05) is 6.07 Å². The Morgan fingerprint density at radius 2 is 1.87 bits per heavy atom. The van der Waals surface area contributed by atoms with Crippen LogP contribution in [0, 0.1) is 11.6 Å². The molecule has 2 aromatic heterocycles. The van der Waals surface area contributed by atoms with Crippen molar-refractivity contribution in [2.45, 2.75) is 26.4 Å². The Labute approximate surface area is 176 Å². The Hall–Kier alpha value is -3.88. The largest absolute Gasteiger partial charge is 0.350 e. The molecule has 0 fully saturated rings. The molecule has 0 atom stereocenters. The standard InChI is InChI=1S/C22H19F2N5O2/c1-11(2)27-21(30)12-6-7-18(25-9-12)29-16-8-15(19-13(23)4-3-5-14(19)24)28-17-10-26-22(31)20(16)17/h3-9,11H,10H2,1-2H3,(H,26,31)(H,27,30)(H,25,28,29). The summed E-state index contributed by atoms with van der Waals surface area (Å²) in [6.45, 7) is 3.85. The summed E-state index contributed by atoms with van der Waals surface area (Å²) < 4.78 is 28.6. The van der Waals surface area contributed by atoms with E-state index in [2.05, 4.69) is 25.9 Å². The van der Waals surface area contributed by atoms with Gasteiger partial charge in [-0.05, 0) is 44.2 Å². The van der Waals surface area contributed by atoms with E-state index in [0.29, 0.717) is 22.8 Å². The Kier molecular flexibility index (Phi) is 5.33. The summed E-state index contributed by atoms with van der Waals surface area (Å²) in [7, 11) is 0. The molecule has 31 heavy (non-hydrogen) atoms. The number of nitrogens with one attached hydrogen (secondary N) is 3. The maximum atomic E-state index is 14.3. The monoisotopic (exact) mass is 423 g/mol. The number of hydrogen-bond acceptors (Lipinski definition) is 5. The van der Waals surface area contributed by atoms with Gasteiger partial charge in [-0.2, -0.15) is 0 Å². The molecule has 3 heterocycles. The van der Waals surface area contributed by atoms with Gasteiger partial charge >= 0.3 is 0 Å². The van der Waals surface area contributed by atoms with Crippen LogP contribution in [0.1, 0.15) is 40.3 Å². The lowest BCUT2D eigenvalue weighted by Gasteiger charge is -2.13. The summed E-state index contributed by atoms with van der Waals surface area (Å²) in [4.78, 5) is 32.9. The minimum atomic E-state index is -0.755. The normalized spacial score (nSPS) is 12.5. The van der Waals surface area contributed by atoms with Crippen LogP contribution in [-0.4, -0.2) is 27.8 Å². The van der Waals surface area contributed by atoms with E-state index >= 15 is 0 Å². The number of pyridine rings is 2. The molecule has 0 saturated carbocycles. The number of anilines is 2. The summed E-state index contributed by atoms with van der Waals surface area (Å²) in [5, 5.41) is 8.43. The molecule has 7 nitrogen and oxygen atoms in total. The number of carbonyl (C=O) groups excluding carboxylic acids is 2. The van der Waals surface area contributed by atoms with E-state index in [0.717, 1.165) is 12.1 Å². The van der Waals surface area contributed by atoms with E-state index < -0.39 is 11.6 Å². The number of hydrogen-bond donors (Lipinski definition) is 3. The van der Waals surface area contributed by atoms with Crippen LogP contribution in [0.15, 0.2) is 42.6 Å². The van der Waals surface area contributed by atoms with Gasteiger partial charge in [-0.15, -0.1) is 0 Å². The Balaban J connectivity index is 1.71. The van der Waals surface area contributed by atoms with Gasteiger partial charge in [-0.25, -0.2) is 18.7 Å². The third-order valence-corrected chi connectivity index (χ3v) is 4.66. The van der Waals surface area contributed by atoms with Crippen molar-refractivity contribution in [3.63, 3.8) is 0 Å². The minimum Gasteiger partial charge on any atom is -0.350 e. The number of halogens is 2. The highest BCUT2D eigenvalue weighted by Crippen LogP contribution is 2.32. The first-order valence-electron chi connectivity index (χ1n) is 9.64. The fourth-order valence-electron chi connectivity index (χ4n) is 3.29. The molecule has 0 unspecified atom stereocenters. The van der Waals surface area contributed by atoms with E-state index in [1.807, 2.05) is 13.8 Å². The maximum Gasteiger partial charge on any atom is 0.255 e. The fraction of sp³-hybridized carbons (Fsp3) is 0.182. The molecule has 1 aromatic carbocycles. The van der Waals surface area contributed by atoms with Crippen molar-refractivity contribution in [2.24, 2.45) is 0 Å². The van der Waals surface area contributed by atoms with E-state index in [-0.39, 0.29) is 41.2 Å². The number of carbonyl (C=O) groups is 2. The van der Waals surface area contributed by atoms with E-state index in [1.54, 1.807) is 12.1 Å². The molecule has 4 rings (SSSR count). The zero-order valence-electron chi connectivity index (χ0n) is 16.8. The number of fused-ring (bicyclic) bond motifs is 1. The fourth-order valence-corrected chi connectivity index (χ4v) is 3.29. The zero-order valence-corrected chi connectivity index (χ0v) is 16.8. The van der Waals surface area contributed by atoms with Crippen molar-refractivity contribution in [3.8, 4) is 11.3 Å². The second kappa shape index (κ2) is 8.10. The van der Waals surface area contributed by atoms with Crippen molar-refractivity contribution in [2.75, 3.05) is 5.32 Å². The molecular weight excluding hydrogens is 404 g/mol. The predicted molar refractivity (Wildman–Crippen MR) is 111 cm³/mol. The van der Waals surface area contributed by atoms with Crippen LogP contribution in [0.3, 0.4) is 0 Å². The quantitative estimate of drug-likeness (QED) is 0.583. The Morgan fingerprint density at radius 1 is 1.13 bits per heavy atom. The number of amides is 2. The van der Waals surface area contributed by atoms with Gasteiger partial charge in [0.1, 0.15) is 17.5 Å². The number of benzene rings is 1. The highest BCUT2D eigenvalue weighted by atomic mass is 19.1. The topological polar surface area (TPSA) is 96.0 Å². The first-order chi connectivity index (χ1) is 14.8. The van der Waals surface area contributed by atoms with Crippen LogP contribution in [0.4, 0.5) is 20.3 Å². The molecule has 1 aliphatic rings. The van der Waals surface area contributed by atoms with Crippen molar-refractivity contribution < 1.29 is 18.4 Å². The number of nitrogens with zero attached hydrogens (tertiary/aromatic N) is 2. The summed E-state index contributed by atoms with van der Waals surface area (Å²) >= 11 is 0. The number of aromatic nitrogens is 2. The predicted octanol–water partition coefficient (Wildman–Crippen LogP) is 3.55. The van der Waals surface area contributed by atoms with Gasteiger partial charge in [0, 0.05) is 12.2 Å². The minimum absolute atomic E-state index is 0.0135. The van der Waals surface area contributed by atoms with E-state index in [9.17, 15) is 18.4 Å². The molecule has 1 aliphatic heterocycles. The second-order valence-corrected chi connectivity index (χ2v) is 7.34. The maximum absolute atomic E-state index is 14.3. The van der Waals surface area contributed by atoms with Gasteiger partial charge in [0.2, 0.25) is 0 Å². The third kappa shape index (κ3) is 4.07. The van der Waals surface area contributed by atoms with Crippen LogP contribution < -0.4 is 16.0 Å². The highest BCUT2D eigenvalue weighted by Gasteiger charge is 2.27. The van der Waals surface area contributed by atoms with Crippen LogP contribution in [0.5, 0.6) is 0 Å². The van der Waals surface area contributed by atoms with Crippen molar-refractivity contribution in [1.29, 1.82) is 0 Å². The average molecular weight is 423 g/mol. The molecule has 0 spiro atoms. The molecule has 0 bridgehead atoms. The molecule has 2 amide bonds. The van der Waals surface area contributed by atoms with Crippen LogP contribution in [-0.2, 0) is 6.54 Å². The molecule has 3 N–H and O–H groups in total. The summed E-state index contributed by atoms with van der Waals surface area (Å²) in [5.41, 5.74) is 1.13. The zero-order chi connectivity index (χ0) is 22.1. The number of rotatable bonds is 5. The molecule has 158 valence electrons. The smallest absolute Gasteiger partial charge is 0.255 e. The van der Waals surface area contributed by atoms with Crippen molar-refractivity contribution in [3.05, 3.63) is 71.1 Å². The summed E-state index contributed by atoms with van der Waals surface area (Å²) in [6.07, 6.45) is 1.40. The van der Waals surface area contributed by atoms with Gasteiger partial charge in [-0.3, -0.25) is 9.59 Å². The summed E-state index contributed by atoms with van der Waals surface area (Å²) in [5.74, 6) is -1.76. The first kappa shape index (κ1) is 20.4.